The predicted molar refractivity (Wildman–Crippen MR) is 81.2 cm³/mol. The third-order valence-electron chi connectivity index (χ3n) is 2.87. The maximum absolute atomic E-state index is 13.4. The molecule has 0 saturated heterocycles. The molecule has 1 aromatic carbocycles. The maximum Gasteiger partial charge on any atom is 0.315 e. The highest BCUT2D eigenvalue weighted by Gasteiger charge is 2.17. The Labute approximate surface area is 129 Å². The standard InChI is InChI=1S/C15H22FN3O3/c1-10(22-13-8-6-5-7-12(13)16)9-17-15(21)18-11(2)14(20)19(3)4/h5-8,10-11H,9H2,1-4H3,(H2,17,18,21)/t10?,11-/m0/s1. The fourth-order valence-corrected chi connectivity index (χ4v) is 1.73. The minimum atomic E-state index is -0.627. The van der Waals surface area contributed by atoms with Crippen molar-refractivity contribution in [2.45, 2.75) is 26.0 Å². The molecule has 7 heteroatoms. The highest BCUT2D eigenvalue weighted by molar-refractivity contribution is 5.86. The summed E-state index contributed by atoms with van der Waals surface area (Å²) in [5.74, 6) is -0.525. The number of urea groups is 1. The third-order valence-corrected chi connectivity index (χ3v) is 2.87. The molecular weight excluding hydrogens is 289 g/mol. The van der Waals surface area contributed by atoms with E-state index >= 15 is 0 Å². The van der Waals surface area contributed by atoms with Crippen LogP contribution in [0, 0.1) is 5.82 Å². The number of ether oxygens (including phenoxy) is 1. The fraction of sp³-hybridized carbons (Fsp3) is 0.467. The fourth-order valence-electron chi connectivity index (χ4n) is 1.73. The van der Waals surface area contributed by atoms with Crippen LogP contribution >= 0.6 is 0 Å². The zero-order chi connectivity index (χ0) is 16.7. The molecule has 2 atom stereocenters. The number of carbonyl (C=O) groups excluding carboxylic acids is 2. The van der Waals surface area contributed by atoms with Gasteiger partial charge in [0, 0.05) is 14.1 Å². The first kappa shape index (κ1) is 17.7. The van der Waals surface area contributed by atoms with Gasteiger partial charge in [0.1, 0.15) is 12.1 Å². The van der Waals surface area contributed by atoms with Crippen LogP contribution in [-0.4, -0.2) is 49.6 Å². The summed E-state index contributed by atoms with van der Waals surface area (Å²) >= 11 is 0. The second-order valence-corrected chi connectivity index (χ2v) is 5.17. The number of nitrogens with one attached hydrogen (secondary N) is 2. The van der Waals surface area contributed by atoms with Crippen LogP contribution in [0.25, 0.3) is 0 Å². The average molecular weight is 311 g/mol. The minimum absolute atomic E-state index is 0.133. The average Bonchev–Trinajstić information content (AvgIpc) is 2.46. The summed E-state index contributed by atoms with van der Waals surface area (Å²) in [4.78, 5) is 24.7. The Morgan fingerprint density at radius 1 is 1.27 bits per heavy atom. The molecule has 3 amide bonds. The Kier molecular flexibility index (Phi) is 6.62. The first-order valence-electron chi connectivity index (χ1n) is 6.98. The Balaban J connectivity index is 2.38. The SMILES string of the molecule is CC(CNC(=O)N[C@@H](C)C(=O)N(C)C)Oc1ccccc1F. The van der Waals surface area contributed by atoms with Crippen LogP contribution in [0.1, 0.15) is 13.8 Å². The topological polar surface area (TPSA) is 70.7 Å². The molecular formula is C15H22FN3O3. The second-order valence-electron chi connectivity index (χ2n) is 5.17. The van der Waals surface area contributed by atoms with Crippen molar-refractivity contribution in [2.24, 2.45) is 0 Å². The Bertz CT molecular complexity index is 523. The van der Waals surface area contributed by atoms with Gasteiger partial charge in [-0.2, -0.15) is 0 Å². The van der Waals surface area contributed by atoms with Crippen LogP contribution in [0.15, 0.2) is 24.3 Å². The number of para-hydroxylation sites is 1. The van der Waals surface area contributed by atoms with Gasteiger partial charge in [-0.15, -0.1) is 0 Å². The van der Waals surface area contributed by atoms with Gasteiger partial charge in [0.2, 0.25) is 5.91 Å². The lowest BCUT2D eigenvalue weighted by atomic mass is 10.3. The van der Waals surface area contributed by atoms with E-state index in [1.165, 1.54) is 17.0 Å². The number of amides is 3. The molecule has 0 bridgehead atoms. The van der Waals surface area contributed by atoms with E-state index in [2.05, 4.69) is 10.6 Å². The largest absolute Gasteiger partial charge is 0.486 e. The zero-order valence-corrected chi connectivity index (χ0v) is 13.2. The van der Waals surface area contributed by atoms with Gasteiger partial charge in [-0.3, -0.25) is 4.79 Å². The maximum atomic E-state index is 13.4. The molecule has 0 aliphatic rings. The minimum Gasteiger partial charge on any atom is -0.486 e. The number of benzene rings is 1. The molecule has 0 aromatic heterocycles. The first-order valence-corrected chi connectivity index (χ1v) is 6.98. The molecule has 0 aliphatic carbocycles. The summed E-state index contributed by atoms with van der Waals surface area (Å²) in [7, 11) is 3.23. The molecule has 122 valence electrons. The number of carbonyl (C=O) groups is 2. The first-order chi connectivity index (χ1) is 10.3. The van der Waals surface area contributed by atoms with Crippen molar-refractivity contribution in [1.29, 1.82) is 0 Å². The van der Waals surface area contributed by atoms with E-state index in [1.807, 2.05) is 0 Å². The van der Waals surface area contributed by atoms with Crippen LogP contribution in [0.3, 0.4) is 0 Å². The van der Waals surface area contributed by atoms with Crippen molar-refractivity contribution in [2.75, 3.05) is 20.6 Å². The number of hydrogen-bond acceptors (Lipinski definition) is 3. The molecule has 0 aliphatic heterocycles. The van der Waals surface area contributed by atoms with Gasteiger partial charge in [-0.05, 0) is 26.0 Å². The van der Waals surface area contributed by atoms with E-state index in [0.29, 0.717) is 0 Å². The number of halogens is 1. The normalized spacial score (nSPS) is 13.0. The van der Waals surface area contributed by atoms with Gasteiger partial charge in [-0.25, -0.2) is 9.18 Å². The molecule has 0 spiro atoms. The third kappa shape index (κ3) is 5.59. The Hall–Kier alpha value is -2.31. The van der Waals surface area contributed by atoms with Gasteiger partial charge in [0.25, 0.3) is 0 Å². The van der Waals surface area contributed by atoms with E-state index in [-0.39, 0.29) is 18.2 Å². The number of likely N-dealkylation sites (N-methyl/N-ethyl adjacent to an activating group) is 1. The molecule has 0 radical (unpaired) electrons. The lowest BCUT2D eigenvalue weighted by Crippen LogP contribution is -2.49. The van der Waals surface area contributed by atoms with E-state index in [1.54, 1.807) is 40.1 Å². The van der Waals surface area contributed by atoms with Gasteiger partial charge in [0.15, 0.2) is 11.6 Å². The molecule has 6 nitrogen and oxygen atoms in total. The number of nitrogens with zero attached hydrogens (tertiary/aromatic N) is 1. The Morgan fingerprint density at radius 2 is 1.91 bits per heavy atom. The monoisotopic (exact) mass is 311 g/mol. The van der Waals surface area contributed by atoms with Gasteiger partial charge in [-0.1, -0.05) is 12.1 Å². The summed E-state index contributed by atoms with van der Waals surface area (Å²) in [5, 5.41) is 5.10. The lowest BCUT2D eigenvalue weighted by molar-refractivity contribution is -0.130. The highest BCUT2D eigenvalue weighted by atomic mass is 19.1. The van der Waals surface area contributed by atoms with Crippen molar-refractivity contribution < 1.29 is 18.7 Å². The summed E-state index contributed by atoms with van der Waals surface area (Å²) < 4.78 is 18.8. The Morgan fingerprint density at radius 3 is 2.50 bits per heavy atom. The number of hydrogen-bond donors (Lipinski definition) is 2. The van der Waals surface area contributed by atoms with Crippen molar-refractivity contribution in [1.82, 2.24) is 15.5 Å². The molecule has 22 heavy (non-hydrogen) atoms. The zero-order valence-electron chi connectivity index (χ0n) is 13.2. The summed E-state index contributed by atoms with van der Waals surface area (Å²) in [6, 6.07) is 4.95. The van der Waals surface area contributed by atoms with Crippen LogP contribution in [-0.2, 0) is 4.79 Å². The highest BCUT2D eigenvalue weighted by Crippen LogP contribution is 2.16. The molecule has 0 heterocycles. The molecule has 1 rings (SSSR count). The second kappa shape index (κ2) is 8.21. The van der Waals surface area contributed by atoms with Crippen molar-refractivity contribution >= 4 is 11.9 Å². The van der Waals surface area contributed by atoms with Gasteiger partial charge >= 0.3 is 6.03 Å². The van der Waals surface area contributed by atoms with E-state index in [4.69, 9.17) is 4.74 Å². The predicted octanol–water partition coefficient (Wildman–Crippen LogP) is 1.37. The summed E-state index contributed by atoms with van der Waals surface area (Å²) in [6.07, 6.45) is -0.414. The molecule has 0 saturated carbocycles. The summed E-state index contributed by atoms with van der Waals surface area (Å²) in [6.45, 7) is 3.49. The quantitative estimate of drug-likeness (QED) is 0.833. The van der Waals surface area contributed by atoms with E-state index < -0.39 is 24.0 Å². The van der Waals surface area contributed by atoms with Gasteiger partial charge in [0.05, 0.1) is 6.54 Å². The molecule has 2 N–H and O–H groups in total. The van der Waals surface area contributed by atoms with Crippen molar-refractivity contribution in [3.63, 3.8) is 0 Å². The van der Waals surface area contributed by atoms with Crippen LogP contribution in [0.2, 0.25) is 0 Å². The molecule has 1 aromatic rings. The van der Waals surface area contributed by atoms with Crippen LogP contribution in [0.4, 0.5) is 9.18 Å². The number of rotatable bonds is 6. The van der Waals surface area contributed by atoms with E-state index in [9.17, 15) is 14.0 Å². The van der Waals surface area contributed by atoms with Gasteiger partial charge < -0.3 is 20.3 Å². The molecule has 1 unspecified atom stereocenters. The van der Waals surface area contributed by atoms with Crippen molar-refractivity contribution in [3.8, 4) is 5.75 Å². The lowest BCUT2D eigenvalue weighted by Gasteiger charge is -2.19. The summed E-state index contributed by atoms with van der Waals surface area (Å²) in [5.41, 5.74) is 0. The smallest absolute Gasteiger partial charge is 0.315 e. The van der Waals surface area contributed by atoms with Crippen LogP contribution < -0.4 is 15.4 Å². The van der Waals surface area contributed by atoms with E-state index in [0.717, 1.165) is 0 Å². The van der Waals surface area contributed by atoms with Crippen molar-refractivity contribution in [3.05, 3.63) is 30.1 Å². The van der Waals surface area contributed by atoms with Crippen LogP contribution in [0.5, 0.6) is 5.75 Å². The molecule has 0 fully saturated rings.